The molecule has 2 aromatic carbocycles. The Hall–Kier alpha value is -3.36. The number of carbonyl (C=O) groups excluding carboxylic acids is 1. The number of carbonyl (C=O) groups is 1. The van der Waals surface area contributed by atoms with Crippen LogP contribution >= 0.6 is 22.9 Å². The summed E-state index contributed by atoms with van der Waals surface area (Å²) < 4.78 is 17.3. The fourth-order valence-electron chi connectivity index (χ4n) is 4.10. The van der Waals surface area contributed by atoms with E-state index in [0.29, 0.717) is 44.8 Å². The Balaban J connectivity index is 1.75. The molecule has 0 bridgehead atoms. The van der Waals surface area contributed by atoms with Crippen LogP contribution in [-0.2, 0) is 0 Å². The highest BCUT2D eigenvalue weighted by atomic mass is 35.5. The molecular formula is C25H21ClN2O5S. The molecule has 174 valence electrons. The summed E-state index contributed by atoms with van der Waals surface area (Å²) in [5, 5.41) is 3.06. The Labute approximate surface area is 204 Å². The second kappa shape index (κ2) is 8.77. The molecule has 0 radical (unpaired) electrons. The molecule has 7 nitrogen and oxygen atoms in total. The molecule has 4 aromatic rings. The van der Waals surface area contributed by atoms with Crippen LogP contribution in [-0.4, -0.2) is 24.6 Å². The zero-order valence-corrected chi connectivity index (χ0v) is 20.3. The van der Waals surface area contributed by atoms with Gasteiger partial charge in [0.15, 0.2) is 22.1 Å². The number of benzene rings is 2. The van der Waals surface area contributed by atoms with Gasteiger partial charge in [-0.3, -0.25) is 14.5 Å². The molecule has 34 heavy (non-hydrogen) atoms. The summed E-state index contributed by atoms with van der Waals surface area (Å²) in [4.78, 5) is 33.3. The molecule has 1 atom stereocenters. The van der Waals surface area contributed by atoms with Crippen molar-refractivity contribution >= 4 is 44.9 Å². The maximum Gasteiger partial charge on any atom is 0.297 e. The first kappa shape index (κ1) is 22.4. The van der Waals surface area contributed by atoms with Gasteiger partial charge in [0, 0.05) is 10.4 Å². The van der Waals surface area contributed by atoms with Crippen molar-refractivity contribution < 1.29 is 18.7 Å². The van der Waals surface area contributed by atoms with E-state index in [0.717, 1.165) is 12.1 Å². The smallest absolute Gasteiger partial charge is 0.297 e. The van der Waals surface area contributed by atoms with Crippen LogP contribution in [0.2, 0.25) is 5.02 Å². The number of rotatable bonds is 6. The first-order valence-electron chi connectivity index (χ1n) is 10.8. The number of thiazole rings is 1. The lowest BCUT2D eigenvalue weighted by Gasteiger charge is -2.23. The molecule has 5 rings (SSSR count). The number of aryl methyl sites for hydroxylation is 1. The molecule has 2 aromatic heterocycles. The molecule has 0 saturated heterocycles. The summed E-state index contributed by atoms with van der Waals surface area (Å²) in [5.41, 5.74) is 1.70. The predicted molar refractivity (Wildman–Crippen MR) is 132 cm³/mol. The van der Waals surface area contributed by atoms with Crippen LogP contribution in [0.1, 0.15) is 46.8 Å². The Bertz CT molecular complexity index is 1480. The van der Waals surface area contributed by atoms with Crippen molar-refractivity contribution in [3.8, 4) is 11.5 Å². The largest absolute Gasteiger partial charge is 0.493 e. The second-order valence-corrected chi connectivity index (χ2v) is 9.20. The highest BCUT2D eigenvalue weighted by Gasteiger charge is 2.45. The van der Waals surface area contributed by atoms with Crippen LogP contribution in [0.25, 0.3) is 11.0 Å². The summed E-state index contributed by atoms with van der Waals surface area (Å²) in [7, 11) is 1.55. The molecule has 0 saturated carbocycles. The van der Waals surface area contributed by atoms with E-state index in [1.807, 2.05) is 25.3 Å². The zero-order chi connectivity index (χ0) is 24.0. The van der Waals surface area contributed by atoms with Crippen molar-refractivity contribution in [2.75, 3.05) is 18.6 Å². The minimum atomic E-state index is -0.748. The van der Waals surface area contributed by atoms with E-state index in [1.165, 1.54) is 16.2 Å². The Morgan fingerprint density at radius 1 is 1.18 bits per heavy atom. The number of anilines is 1. The van der Waals surface area contributed by atoms with Gasteiger partial charge >= 0.3 is 0 Å². The van der Waals surface area contributed by atoms with Crippen LogP contribution in [0.4, 0.5) is 5.13 Å². The standard InChI is InChI=1S/C25H21ClN2O5S/c1-4-9-32-18-7-5-14(10-19(18)31-3)21-20-22(29)16-11-15(26)6-8-17(16)33-23(20)24(30)28(21)25-27-13(2)12-34-25/h5-8,10-12,21H,4,9H2,1-3H3/t21-/m1/s1. The number of nitrogens with zero attached hydrogens (tertiary/aromatic N) is 2. The average molecular weight is 497 g/mol. The SMILES string of the molecule is CCCOc1ccc([C@@H]2c3c(oc4ccc(Cl)cc4c3=O)C(=O)N2c2nc(C)cs2)cc1OC. The molecule has 0 fully saturated rings. The fraction of sp³-hybridized carbons (Fsp3) is 0.240. The van der Waals surface area contributed by atoms with Crippen molar-refractivity contribution in [3.63, 3.8) is 0 Å². The summed E-state index contributed by atoms with van der Waals surface area (Å²) in [6.07, 6.45) is 0.850. The maximum absolute atomic E-state index is 13.7. The Morgan fingerprint density at radius 2 is 2.00 bits per heavy atom. The molecule has 0 spiro atoms. The molecule has 3 heterocycles. The molecule has 1 amide bonds. The molecule has 0 N–H and O–H groups in total. The number of fused-ring (bicyclic) bond motifs is 2. The summed E-state index contributed by atoms with van der Waals surface area (Å²) >= 11 is 7.48. The van der Waals surface area contributed by atoms with Crippen LogP contribution in [0.15, 0.2) is 51.0 Å². The minimum absolute atomic E-state index is 0.00273. The van der Waals surface area contributed by atoms with Crippen molar-refractivity contribution in [1.82, 2.24) is 4.98 Å². The summed E-state index contributed by atoms with van der Waals surface area (Å²) in [5.74, 6) is 0.679. The van der Waals surface area contributed by atoms with E-state index < -0.39 is 11.9 Å². The topological polar surface area (TPSA) is 81.9 Å². The van der Waals surface area contributed by atoms with Gasteiger partial charge in [-0.2, -0.15) is 0 Å². The Kier molecular flexibility index (Phi) is 5.79. The third-order valence-corrected chi connectivity index (χ3v) is 6.80. The molecule has 0 aliphatic carbocycles. The quantitative estimate of drug-likeness (QED) is 0.337. The fourth-order valence-corrected chi connectivity index (χ4v) is 5.09. The van der Waals surface area contributed by atoms with Gasteiger partial charge in [-0.05, 0) is 49.2 Å². The molecule has 1 aliphatic rings. The van der Waals surface area contributed by atoms with E-state index in [2.05, 4.69) is 4.98 Å². The van der Waals surface area contributed by atoms with Gasteiger partial charge in [0.05, 0.1) is 36.4 Å². The highest BCUT2D eigenvalue weighted by molar-refractivity contribution is 7.14. The molecular weight excluding hydrogens is 476 g/mol. The van der Waals surface area contributed by atoms with Crippen molar-refractivity contribution in [2.24, 2.45) is 0 Å². The molecule has 0 unspecified atom stereocenters. The van der Waals surface area contributed by atoms with Gasteiger partial charge in [0.25, 0.3) is 5.91 Å². The van der Waals surface area contributed by atoms with Crippen LogP contribution in [0.5, 0.6) is 11.5 Å². The number of amides is 1. The lowest BCUT2D eigenvalue weighted by atomic mass is 9.98. The first-order chi connectivity index (χ1) is 16.4. The number of hydrogen-bond acceptors (Lipinski definition) is 7. The zero-order valence-electron chi connectivity index (χ0n) is 18.8. The second-order valence-electron chi connectivity index (χ2n) is 7.92. The third-order valence-electron chi connectivity index (χ3n) is 5.61. The van der Waals surface area contributed by atoms with Gasteiger partial charge in [-0.25, -0.2) is 4.98 Å². The van der Waals surface area contributed by atoms with E-state index in [-0.39, 0.29) is 16.8 Å². The number of methoxy groups -OCH3 is 1. The number of aromatic nitrogens is 1. The number of halogens is 1. The predicted octanol–water partition coefficient (Wildman–Crippen LogP) is 5.76. The normalized spacial score (nSPS) is 15.1. The van der Waals surface area contributed by atoms with E-state index in [4.69, 9.17) is 25.5 Å². The van der Waals surface area contributed by atoms with Gasteiger partial charge in [0.2, 0.25) is 5.76 Å². The van der Waals surface area contributed by atoms with E-state index in [9.17, 15) is 9.59 Å². The van der Waals surface area contributed by atoms with Crippen molar-refractivity contribution in [2.45, 2.75) is 26.3 Å². The highest BCUT2D eigenvalue weighted by Crippen LogP contribution is 2.44. The van der Waals surface area contributed by atoms with Gasteiger partial charge in [-0.15, -0.1) is 11.3 Å². The average Bonchev–Trinajstić information content (AvgIpc) is 3.39. The minimum Gasteiger partial charge on any atom is -0.493 e. The van der Waals surface area contributed by atoms with Crippen molar-refractivity contribution in [1.29, 1.82) is 0 Å². The molecule has 1 aliphatic heterocycles. The monoisotopic (exact) mass is 496 g/mol. The molecule has 9 heteroatoms. The lowest BCUT2D eigenvalue weighted by molar-refractivity contribution is 0.0971. The maximum atomic E-state index is 13.7. The first-order valence-corrected chi connectivity index (χ1v) is 12.0. The van der Waals surface area contributed by atoms with Crippen molar-refractivity contribution in [3.05, 3.63) is 79.6 Å². The summed E-state index contributed by atoms with van der Waals surface area (Å²) in [6.45, 7) is 4.41. The van der Waals surface area contributed by atoms with Crippen LogP contribution in [0, 0.1) is 6.92 Å². The van der Waals surface area contributed by atoms with Crippen LogP contribution in [0.3, 0.4) is 0 Å². The third kappa shape index (κ3) is 3.63. The van der Waals surface area contributed by atoms with Gasteiger partial charge in [-0.1, -0.05) is 24.6 Å². The van der Waals surface area contributed by atoms with Gasteiger partial charge in [0.1, 0.15) is 5.58 Å². The lowest BCUT2D eigenvalue weighted by Crippen LogP contribution is -2.29. The number of hydrogen-bond donors (Lipinski definition) is 0. The van der Waals surface area contributed by atoms with E-state index in [1.54, 1.807) is 37.4 Å². The number of ether oxygens (including phenoxy) is 2. The Morgan fingerprint density at radius 3 is 2.71 bits per heavy atom. The summed E-state index contributed by atoms with van der Waals surface area (Å²) in [6, 6.07) is 9.43. The van der Waals surface area contributed by atoms with Crippen LogP contribution < -0.4 is 19.8 Å². The van der Waals surface area contributed by atoms with E-state index >= 15 is 0 Å². The van der Waals surface area contributed by atoms with Gasteiger partial charge < -0.3 is 13.9 Å².